The molecule has 0 bridgehead atoms. The summed E-state index contributed by atoms with van der Waals surface area (Å²) in [5.41, 5.74) is 0. The van der Waals surface area contributed by atoms with E-state index in [0.717, 1.165) is 12.2 Å². The zero-order valence-corrected chi connectivity index (χ0v) is 7.21. The number of carbonyl (C=O) groups is 3. The van der Waals surface area contributed by atoms with Gasteiger partial charge in [0.05, 0.1) is 12.3 Å². The van der Waals surface area contributed by atoms with Gasteiger partial charge in [0.25, 0.3) is 0 Å². The van der Waals surface area contributed by atoms with E-state index in [4.69, 9.17) is 15.3 Å². The van der Waals surface area contributed by atoms with Gasteiger partial charge in [-0.2, -0.15) is 0 Å². The maximum atomic E-state index is 10.5. The minimum Gasteiger partial charge on any atom is -0.481 e. The Labute approximate surface area is 79.5 Å². The molecule has 0 fully saturated rings. The van der Waals surface area contributed by atoms with Crippen molar-refractivity contribution in [3.8, 4) is 0 Å². The Balaban J connectivity index is 4.17. The Morgan fingerprint density at radius 3 is 2.07 bits per heavy atom. The number of hydrogen-bond donors (Lipinski definition) is 3. The number of hydrogen-bond acceptors (Lipinski definition) is 3. The van der Waals surface area contributed by atoms with Crippen LogP contribution in [0.3, 0.4) is 0 Å². The Kier molecular flexibility index (Phi) is 4.98. The molecule has 0 aromatic heterocycles. The molecule has 0 radical (unpaired) electrons. The molecule has 0 aromatic carbocycles. The van der Waals surface area contributed by atoms with Gasteiger partial charge in [-0.1, -0.05) is 6.08 Å². The topological polar surface area (TPSA) is 112 Å². The second kappa shape index (κ2) is 5.74. The number of rotatable bonds is 6. The summed E-state index contributed by atoms with van der Waals surface area (Å²) in [6.45, 7) is 0. The SMILES string of the molecule is O=C(O)C=CCC(CC(=O)O)C(=O)O. The molecule has 1 atom stereocenters. The van der Waals surface area contributed by atoms with Gasteiger partial charge in [0.1, 0.15) is 0 Å². The van der Waals surface area contributed by atoms with Crippen molar-refractivity contribution in [2.24, 2.45) is 5.92 Å². The van der Waals surface area contributed by atoms with Crippen molar-refractivity contribution in [1.82, 2.24) is 0 Å². The number of carboxylic acid groups (broad SMARTS) is 3. The first-order chi connectivity index (χ1) is 6.43. The van der Waals surface area contributed by atoms with Crippen LogP contribution >= 0.6 is 0 Å². The molecule has 6 nitrogen and oxygen atoms in total. The maximum absolute atomic E-state index is 10.5. The zero-order chi connectivity index (χ0) is 11.1. The first-order valence-electron chi connectivity index (χ1n) is 3.77. The van der Waals surface area contributed by atoms with Gasteiger partial charge in [0.15, 0.2) is 0 Å². The van der Waals surface area contributed by atoms with E-state index in [2.05, 4.69) is 0 Å². The monoisotopic (exact) mass is 202 g/mol. The van der Waals surface area contributed by atoms with Gasteiger partial charge in [0, 0.05) is 6.08 Å². The van der Waals surface area contributed by atoms with E-state index in [-0.39, 0.29) is 6.42 Å². The van der Waals surface area contributed by atoms with E-state index in [1.807, 2.05) is 0 Å². The molecule has 1 unspecified atom stereocenters. The van der Waals surface area contributed by atoms with Crippen LogP contribution in [0.4, 0.5) is 0 Å². The van der Waals surface area contributed by atoms with Crippen molar-refractivity contribution < 1.29 is 29.7 Å². The van der Waals surface area contributed by atoms with Crippen molar-refractivity contribution in [3.63, 3.8) is 0 Å². The Morgan fingerprint density at radius 2 is 1.71 bits per heavy atom. The average molecular weight is 202 g/mol. The Hall–Kier alpha value is -1.85. The predicted molar refractivity (Wildman–Crippen MR) is 44.8 cm³/mol. The second-order valence-electron chi connectivity index (χ2n) is 2.61. The summed E-state index contributed by atoms with van der Waals surface area (Å²) in [6.07, 6.45) is 1.30. The molecule has 78 valence electrons. The third-order valence-corrected chi connectivity index (χ3v) is 1.45. The minimum absolute atomic E-state index is 0.103. The number of carboxylic acids is 3. The molecule has 0 aliphatic heterocycles. The minimum atomic E-state index is -1.25. The van der Waals surface area contributed by atoms with Gasteiger partial charge in [-0.15, -0.1) is 0 Å². The first-order valence-corrected chi connectivity index (χ1v) is 3.77. The van der Waals surface area contributed by atoms with Gasteiger partial charge >= 0.3 is 17.9 Å². The summed E-state index contributed by atoms with van der Waals surface area (Å²) in [5.74, 6) is -4.74. The second-order valence-corrected chi connectivity index (χ2v) is 2.61. The molecule has 0 saturated carbocycles. The fourth-order valence-electron chi connectivity index (χ4n) is 0.815. The van der Waals surface area contributed by atoms with Crippen molar-refractivity contribution in [2.45, 2.75) is 12.8 Å². The van der Waals surface area contributed by atoms with Gasteiger partial charge < -0.3 is 15.3 Å². The number of aliphatic carboxylic acids is 3. The van der Waals surface area contributed by atoms with Gasteiger partial charge in [0.2, 0.25) is 0 Å². The van der Waals surface area contributed by atoms with Gasteiger partial charge in [-0.25, -0.2) is 4.79 Å². The third-order valence-electron chi connectivity index (χ3n) is 1.45. The van der Waals surface area contributed by atoms with Crippen LogP contribution in [-0.4, -0.2) is 33.2 Å². The van der Waals surface area contributed by atoms with E-state index >= 15 is 0 Å². The molecule has 0 rings (SSSR count). The van der Waals surface area contributed by atoms with E-state index < -0.39 is 30.2 Å². The van der Waals surface area contributed by atoms with Crippen molar-refractivity contribution >= 4 is 17.9 Å². The van der Waals surface area contributed by atoms with Crippen LogP contribution in [0.1, 0.15) is 12.8 Å². The maximum Gasteiger partial charge on any atom is 0.327 e. The summed E-state index contributed by atoms with van der Waals surface area (Å²) in [4.78, 5) is 30.7. The molecule has 0 amide bonds. The van der Waals surface area contributed by atoms with E-state index in [0.29, 0.717) is 0 Å². The summed E-state index contributed by atoms with van der Waals surface area (Å²) in [6, 6.07) is 0. The highest BCUT2D eigenvalue weighted by molar-refractivity contribution is 5.80. The van der Waals surface area contributed by atoms with Crippen LogP contribution < -0.4 is 0 Å². The quantitative estimate of drug-likeness (QED) is 0.530. The molecule has 3 N–H and O–H groups in total. The molecule has 0 aromatic rings. The summed E-state index contributed by atoms with van der Waals surface area (Å²) in [5, 5.41) is 25.1. The molecule has 0 saturated heterocycles. The molecule has 0 aliphatic carbocycles. The summed E-state index contributed by atoms with van der Waals surface area (Å²) in [7, 11) is 0. The van der Waals surface area contributed by atoms with Gasteiger partial charge in [-0.05, 0) is 6.42 Å². The van der Waals surface area contributed by atoms with Crippen LogP contribution in [0.2, 0.25) is 0 Å². The molecule has 14 heavy (non-hydrogen) atoms. The lowest BCUT2D eigenvalue weighted by Crippen LogP contribution is -2.17. The standard InChI is InChI=1S/C8H10O6/c9-6(10)3-1-2-5(8(13)14)4-7(11)12/h1,3,5H,2,4H2,(H,9,10)(H,11,12)(H,13,14). The van der Waals surface area contributed by atoms with E-state index in [1.165, 1.54) is 0 Å². The Morgan fingerprint density at radius 1 is 1.14 bits per heavy atom. The lowest BCUT2D eigenvalue weighted by atomic mass is 10.0. The third kappa shape index (κ3) is 5.76. The van der Waals surface area contributed by atoms with Crippen LogP contribution in [0, 0.1) is 5.92 Å². The van der Waals surface area contributed by atoms with Crippen molar-refractivity contribution in [1.29, 1.82) is 0 Å². The lowest BCUT2D eigenvalue weighted by molar-refractivity contribution is -0.148. The van der Waals surface area contributed by atoms with Crippen LogP contribution in [0.5, 0.6) is 0 Å². The highest BCUT2D eigenvalue weighted by atomic mass is 16.4. The van der Waals surface area contributed by atoms with Gasteiger partial charge in [-0.3, -0.25) is 9.59 Å². The fraction of sp³-hybridized carbons (Fsp3) is 0.375. The predicted octanol–water partition coefficient (Wildman–Crippen LogP) is 0.193. The molecular weight excluding hydrogens is 192 g/mol. The molecule has 6 heteroatoms. The lowest BCUT2D eigenvalue weighted by Gasteiger charge is -2.05. The molecule has 0 heterocycles. The summed E-state index contributed by atoms with van der Waals surface area (Å²) < 4.78 is 0. The zero-order valence-electron chi connectivity index (χ0n) is 7.21. The Bertz CT molecular complexity index is 267. The van der Waals surface area contributed by atoms with Crippen molar-refractivity contribution in [2.75, 3.05) is 0 Å². The largest absolute Gasteiger partial charge is 0.481 e. The van der Waals surface area contributed by atoms with Crippen molar-refractivity contribution in [3.05, 3.63) is 12.2 Å². The van der Waals surface area contributed by atoms with Crippen LogP contribution in [-0.2, 0) is 14.4 Å². The van der Waals surface area contributed by atoms with Crippen LogP contribution in [0.25, 0.3) is 0 Å². The number of allylic oxidation sites excluding steroid dienone is 1. The highest BCUT2D eigenvalue weighted by Gasteiger charge is 2.19. The van der Waals surface area contributed by atoms with Crippen LogP contribution in [0.15, 0.2) is 12.2 Å². The normalized spacial score (nSPS) is 12.6. The average Bonchev–Trinajstić information content (AvgIpc) is 2.00. The smallest absolute Gasteiger partial charge is 0.327 e. The first kappa shape index (κ1) is 12.2. The molecule has 0 spiro atoms. The molecular formula is C8H10O6. The molecule has 0 aliphatic rings. The van der Waals surface area contributed by atoms with E-state index in [9.17, 15) is 14.4 Å². The summed E-state index contributed by atoms with van der Waals surface area (Å²) >= 11 is 0. The van der Waals surface area contributed by atoms with E-state index in [1.54, 1.807) is 0 Å². The fourth-order valence-corrected chi connectivity index (χ4v) is 0.815. The highest BCUT2D eigenvalue weighted by Crippen LogP contribution is 2.09.